The monoisotopic (exact) mass is 498 g/mol. The van der Waals surface area contributed by atoms with Gasteiger partial charge in [0.15, 0.2) is 11.0 Å². The number of alkyl halides is 3. The van der Waals surface area contributed by atoms with E-state index >= 15 is 0 Å². The number of thioether (sulfide) groups is 1. The van der Waals surface area contributed by atoms with Gasteiger partial charge < -0.3 is 4.90 Å². The fourth-order valence-electron chi connectivity index (χ4n) is 2.79. The minimum atomic E-state index is -4.49. The molecule has 0 aliphatic carbocycles. The topological polar surface area (TPSA) is 51.0 Å². The van der Waals surface area contributed by atoms with Crippen LogP contribution in [0, 0.1) is 0 Å². The third-order valence-corrected chi connectivity index (χ3v) is 5.97. The second-order valence-electron chi connectivity index (χ2n) is 6.66. The number of rotatable bonds is 5. The highest BCUT2D eigenvalue weighted by Gasteiger charge is 2.31. The number of hydrogen-bond donors (Lipinski definition) is 0. The van der Waals surface area contributed by atoms with Gasteiger partial charge in [-0.25, -0.2) is 0 Å². The first-order valence-electron chi connectivity index (χ1n) is 8.85. The number of halogens is 4. The zero-order valence-corrected chi connectivity index (χ0v) is 18.7. The smallest absolute Gasteiger partial charge is 0.348 e. The quantitative estimate of drug-likeness (QED) is 0.448. The molecule has 0 fully saturated rings. The summed E-state index contributed by atoms with van der Waals surface area (Å²) in [5, 5.41) is 8.24. The van der Waals surface area contributed by atoms with Crippen LogP contribution in [0.3, 0.4) is 0 Å². The Labute approximate surface area is 184 Å². The van der Waals surface area contributed by atoms with Gasteiger partial charge >= 0.3 is 6.18 Å². The molecule has 3 rings (SSSR count). The van der Waals surface area contributed by atoms with Crippen LogP contribution in [0.25, 0.3) is 17.1 Å². The molecule has 0 radical (unpaired) electrons. The van der Waals surface area contributed by atoms with Gasteiger partial charge in [-0.15, -0.1) is 10.2 Å². The van der Waals surface area contributed by atoms with Gasteiger partial charge in [0, 0.05) is 24.1 Å². The van der Waals surface area contributed by atoms with Crippen molar-refractivity contribution < 1.29 is 18.0 Å². The molecule has 1 unspecified atom stereocenters. The third kappa shape index (κ3) is 4.70. The van der Waals surface area contributed by atoms with Crippen molar-refractivity contribution in [1.29, 1.82) is 0 Å². The molecule has 0 aliphatic rings. The van der Waals surface area contributed by atoms with Crippen molar-refractivity contribution in [3.63, 3.8) is 0 Å². The van der Waals surface area contributed by atoms with Crippen LogP contribution in [0.15, 0.2) is 58.2 Å². The van der Waals surface area contributed by atoms with E-state index in [1.165, 1.54) is 11.0 Å². The zero-order valence-electron chi connectivity index (χ0n) is 16.3. The van der Waals surface area contributed by atoms with Crippen molar-refractivity contribution in [2.24, 2.45) is 0 Å². The highest BCUT2D eigenvalue weighted by Crippen LogP contribution is 2.36. The SMILES string of the molecule is CC(Sc1nnc(-c2ccccc2Br)n1-c1cccc(C(F)(F)F)c1)C(=O)N(C)C. The summed E-state index contributed by atoms with van der Waals surface area (Å²) in [6.07, 6.45) is -4.49. The number of hydrogen-bond acceptors (Lipinski definition) is 4. The van der Waals surface area contributed by atoms with Crippen molar-refractivity contribution in [3.05, 3.63) is 58.6 Å². The molecule has 0 saturated heterocycles. The largest absolute Gasteiger partial charge is 0.416 e. The van der Waals surface area contributed by atoms with E-state index in [1.807, 2.05) is 12.1 Å². The molecule has 1 atom stereocenters. The van der Waals surface area contributed by atoms with E-state index in [9.17, 15) is 18.0 Å². The fourth-order valence-corrected chi connectivity index (χ4v) is 4.26. The number of carbonyl (C=O) groups is 1. The molecule has 5 nitrogen and oxygen atoms in total. The fraction of sp³-hybridized carbons (Fsp3) is 0.250. The second-order valence-corrected chi connectivity index (χ2v) is 8.82. The number of nitrogens with zero attached hydrogens (tertiary/aromatic N) is 4. The summed E-state index contributed by atoms with van der Waals surface area (Å²) in [6.45, 7) is 1.72. The molecule has 3 aromatic rings. The summed E-state index contributed by atoms with van der Waals surface area (Å²) >= 11 is 4.60. The Morgan fingerprint density at radius 3 is 2.47 bits per heavy atom. The summed E-state index contributed by atoms with van der Waals surface area (Å²) in [5.74, 6) is 0.231. The van der Waals surface area contributed by atoms with Crippen LogP contribution in [0.5, 0.6) is 0 Å². The van der Waals surface area contributed by atoms with Gasteiger partial charge in [0.25, 0.3) is 0 Å². The van der Waals surface area contributed by atoms with Gasteiger partial charge in [-0.05, 0) is 31.2 Å². The Bertz CT molecular complexity index is 1070. The molecule has 0 bridgehead atoms. The summed E-state index contributed by atoms with van der Waals surface area (Å²) < 4.78 is 42.2. The minimum Gasteiger partial charge on any atom is -0.348 e. The molecule has 1 aromatic heterocycles. The molecule has 0 N–H and O–H groups in total. The van der Waals surface area contributed by atoms with Crippen LogP contribution in [0.4, 0.5) is 13.2 Å². The molecule has 10 heteroatoms. The molecule has 30 heavy (non-hydrogen) atoms. The molecular weight excluding hydrogens is 481 g/mol. The van der Waals surface area contributed by atoms with E-state index in [4.69, 9.17) is 0 Å². The average Bonchev–Trinajstić information content (AvgIpc) is 3.10. The average molecular weight is 499 g/mol. The summed E-state index contributed by atoms with van der Waals surface area (Å²) in [4.78, 5) is 13.8. The van der Waals surface area contributed by atoms with Gasteiger partial charge in [-0.3, -0.25) is 9.36 Å². The maximum absolute atomic E-state index is 13.3. The molecule has 1 amide bonds. The van der Waals surface area contributed by atoms with Crippen molar-refractivity contribution in [2.75, 3.05) is 14.1 Å². The van der Waals surface area contributed by atoms with Crippen LogP contribution in [-0.4, -0.2) is 44.9 Å². The van der Waals surface area contributed by atoms with E-state index in [0.717, 1.165) is 28.4 Å². The number of carbonyl (C=O) groups excluding carboxylic acids is 1. The number of amides is 1. The Balaban J connectivity index is 2.17. The summed E-state index contributed by atoms with van der Waals surface area (Å²) in [7, 11) is 3.28. The summed E-state index contributed by atoms with van der Waals surface area (Å²) in [6, 6.07) is 12.2. The van der Waals surface area contributed by atoms with Crippen molar-refractivity contribution in [1.82, 2.24) is 19.7 Å². The van der Waals surface area contributed by atoms with Crippen LogP contribution in [0.2, 0.25) is 0 Å². The first-order chi connectivity index (χ1) is 14.1. The number of benzene rings is 2. The van der Waals surface area contributed by atoms with E-state index in [0.29, 0.717) is 16.5 Å². The Morgan fingerprint density at radius 2 is 1.83 bits per heavy atom. The third-order valence-electron chi connectivity index (χ3n) is 4.25. The lowest BCUT2D eigenvalue weighted by Gasteiger charge is -2.17. The van der Waals surface area contributed by atoms with Crippen LogP contribution >= 0.6 is 27.7 Å². The first-order valence-corrected chi connectivity index (χ1v) is 10.5. The molecule has 0 spiro atoms. The second kappa shape index (κ2) is 8.81. The molecule has 0 aliphatic heterocycles. The van der Waals surface area contributed by atoms with Crippen LogP contribution in [0.1, 0.15) is 12.5 Å². The highest BCUT2D eigenvalue weighted by molar-refractivity contribution is 9.10. The Kier molecular flexibility index (Phi) is 6.56. The van der Waals surface area contributed by atoms with E-state index in [2.05, 4.69) is 26.1 Å². The molecule has 0 saturated carbocycles. The van der Waals surface area contributed by atoms with Crippen LogP contribution < -0.4 is 0 Å². The lowest BCUT2D eigenvalue weighted by molar-refractivity contribution is -0.137. The van der Waals surface area contributed by atoms with Gasteiger partial charge in [0.05, 0.1) is 16.5 Å². The molecule has 158 valence electrons. The normalized spacial score (nSPS) is 12.6. The Hall–Kier alpha value is -2.33. The maximum atomic E-state index is 13.3. The minimum absolute atomic E-state index is 0.138. The van der Waals surface area contributed by atoms with E-state index in [-0.39, 0.29) is 11.6 Å². The lowest BCUT2D eigenvalue weighted by Crippen LogP contribution is -2.29. The first kappa shape index (κ1) is 22.4. The lowest BCUT2D eigenvalue weighted by atomic mass is 10.1. The van der Waals surface area contributed by atoms with Crippen molar-refractivity contribution >= 4 is 33.6 Å². The van der Waals surface area contributed by atoms with Gasteiger partial charge in [-0.1, -0.05) is 52.0 Å². The van der Waals surface area contributed by atoms with Crippen molar-refractivity contribution in [3.8, 4) is 17.1 Å². The van der Waals surface area contributed by atoms with Crippen molar-refractivity contribution in [2.45, 2.75) is 23.5 Å². The maximum Gasteiger partial charge on any atom is 0.416 e. The molecular formula is C20H18BrF3N4OS. The van der Waals surface area contributed by atoms with E-state index < -0.39 is 17.0 Å². The molecule has 2 aromatic carbocycles. The van der Waals surface area contributed by atoms with Gasteiger partial charge in [0.1, 0.15) is 0 Å². The van der Waals surface area contributed by atoms with Crippen LogP contribution in [-0.2, 0) is 11.0 Å². The molecule has 1 heterocycles. The zero-order chi connectivity index (χ0) is 22.1. The summed E-state index contributed by atoms with van der Waals surface area (Å²) in [5.41, 5.74) is 0.147. The van der Waals surface area contributed by atoms with Gasteiger partial charge in [0.2, 0.25) is 5.91 Å². The number of aromatic nitrogens is 3. The predicted octanol–water partition coefficient (Wildman–Crippen LogP) is 5.28. The standard InChI is InChI=1S/C20H18BrF3N4OS/c1-12(18(29)27(2)3)30-19-26-25-17(15-9-4-5-10-16(15)21)28(19)14-8-6-7-13(11-14)20(22,23)24/h4-12H,1-3H3. The van der Waals surface area contributed by atoms with E-state index in [1.54, 1.807) is 43.8 Å². The predicted molar refractivity (Wildman–Crippen MR) is 114 cm³/mol. The van der Waals surface area contributed by atoms with Gasteiger partial charge in [-0.2, -0.15) is 13.2 Å². The Morgan fingerprint density at radius 1 is 1.13 bits per heavy atom. The highest BCUT2D eigenvalue weighted by atomic mass is 79.9.